The molecular formula is C17H19ClS2. The van der Waals surface area contributed by atoms with E-state index < -0.39 is 0 Å². The van der Waals surface area contributed by atoms with Crippen molar-refractivity contribution in [1.29, 1.82) is 0 Å². The van der Waals surface area contributed by atoms with Crippen LogP contribution in [0.4, 0.5) is 0 Å². The zero-order valence-electron chi connectivity index (χ0n) is 11.8. The first-order valence-corrected chi connectivity index (χ1v) is 9.17. The summed E-state index contributed by atoms with van der Waals surface area (Å²) >= 11 is 10.0. The van der Waals surface area contributed by atoms with Crippen molar-refractivity contribution in [1.82, 2.24) is 0 Å². The van der Waals surface area contributed by atoms with Crippen LogP contribution in [0.25, 0.3) is 0 Å². The van der Waals surface area contributed by atoms with Gasteiger partial charge in [-0.1, -0.05) is 67.9 Å². The maximum absolute atomic E-state index is 6.05. The summed E-state index contributed by atoms with van der Waals surface area (Å²) in [5, 5.41) is 0.790. The third kappa shape index (κ3) is 3.36. The fourth-order valence-corrected chi connectivity index (χ4v) is 5.47. The molecule has 0 atom stereocenters. The topological polar surface area (TPSA) is 0 Å². The quantitative estimate of drug-likeness (QED) is 0.594. The summed E-state index contributed by atoms with van der Waals surface area (Å²) in [6.07, 6.45) is 0. The molecule has 0 aliphatic heterocycles. The second kappa shape index (κ2) is 7.44. The summed E-state index contributed by atoms with van der Waals surface area (Å²) in [7, 11) is 0. The van der Waals surface area contributed by atoms with Gasteiger partial charge in [0.05, 0.1) is 0 Å². The van der Waals surface area contributed by atoms with E-state index in [2.05, 4.69) is 56.3 Å². The minimum atomic E-state index is -0.0463. The monoisotopic (exact) mass is 322 g/mol. The number of rotatable bonds is 6. The average Bonchev–Trinajstić information content (AvgIpc) is 2.48. The first kappa shape index (κ1) is 15.8. The third-order valence-corrected chi connectivity index (χ3v) is 6.37. The fraction of sp³-hybridized carbons (Fsp3) is 0.294. The van der Waals surface area contributed by atoms with Gasteiger partial charge in [-0.3, -0.25) is 0 Å². The van der Waals surface area contributed by atoms with Gasteiger partial charge in [-0.05, 0) is 34.8 Å². The van der Waals surface area contributed by atoms with E-state index in [1.807, 2.05) is 35.7 Å². The van der Waals surface area contributed by atoms with Crippen molar-refractivity contribution in [3.05, 3.63) is 70.7 Å². The van der Waals surface area contributed by atoms with E-state index in [-0.39, 0.29) is 4.08 Å². The second-order valence-electron chi connectivity index (χ2n) is 4.36. The molecule has 0 aliphatic rings. The molecule has 0 amide bonds. The van der Waals surface area contributed by atoms with Crippen LogP contribution in [0.2, 0.25) is 5.02 Å². The van der Waals surface area contributed by atoms with E-state index in [0.717, 1.165) is 16.5 Å². The van der Waals surface area contributed by atoms with Gasteiger partial charge in [0.25, 0.3) is 0 Å². The molecule has 0 N–H and O–H groups in total. The Labute approximate surface area is 135 Å². The Morgan fingerprint density at radius 1 is 0.800 bits per heavy atom. The Balaban J connectivity index is 2.54. The summed E-state index contributed by atoms with van der Waals surface area (Å²) in [5.74, 6) is 2.15. The van der Waals surface area contributed by atoms with Crippen LogP contribution in [0.3, 0.4) is 0 Å². The highest BCUT2D eigenvalue weighted by molar-refractivity contribution is 8.17. The normalized spacial score (nSPS) is 11.6. The van der Waals surface area contributed by atoms with Crippen LogP contribution >= 0.6 is 35.1 Å². The standard InChI is InChI=1S/C17H19ClS2/c1-3-19-17(20-4-2,14-8-6-5-7-9-14)15-10-12-16(18)13-11-15/h5-13H,3-4H2,1-2H3. The lowest BCUT2D eigenvalue weighted by atomic mass is 10.0. The molecule has 3 heteroatoms. The summed E-state index contributed by atoms with van der Waals surface area (Å²) in [5.41, 5.74) is 2.66. The van der Waals surface area contributed by atoms with Gasteiger partial charge in [-0.15, -0.1) is 23.5 Å². The molecule has 0 spiro atoms. The molecule has 0 unspecified atom stereocenters. The molecule has 0 heterocycles. The van der Waals surface area contributed by atoms with E-state index >= 15 is 0 Å². The van der Waals surface area contributed by atoms with Gasteiger partial charge in [0.15, 0.2) is 0 Å². The fourth-order valence-electron chi connectivity index (χ4n) is 2.28. The van der Waals surface area contributed by atoms with Gasteiger partial charge < -0.3 is 0 Å². The number of halogens is 1. The van der Waals surface area contributed by atoms with Gasteiger partial charge in [-0.25, -0.2) is 0 Å². The molecule has 0 radical (unpaired) electrons. The molecule has 0 saturated carbocycles. The molecule has 0 saturated heterocycles. The van der Waals surface area contributed by atoms with Gasteiger partial charge in [-0.2, -0.15) is 0 Å². The van der Waals surface area contributed by atoms with Crippen molar-refractivity contribution in [3.8, 4) is 0 Å². The Bertz CT molecular complexity index is 516. The summed E-state index contributed by atoms with van der Waals surface area (Å²) in [4.78, 5) is 0. The van der Waals surface area contributed by atoms with Crippen molar-refractivity contribution in [2.75, 3.05) is 11.5 Å². The lowest BCUT2D eigenvalue weighted by Crippen LogP contribution is -2.20. The third-order valence-electron chi connectivity index (χ3n) is 3.07. The van der Waals surface area contributed by atoms with E-state index in [9.17, 15) is 0 Å². The van der Waals surface area contributed by atoms with E-state index in [4.69, 9.17) is 11.6 Å². The molecule has 0 aromatic heterocycles. The molecule has 0 nitrogen and oxygen atoms in total. The maximum Gasteiger partial charge on any atom is 0.111 e. The molecule has 2 aromatic carbocycles. The van der Waals surface area contributed by atoms with E-state index in [0.29, 0.717) is 0 Å². The number of benzene rings is 2. The number of hydrogen-bond acceptors (Lipinski definition) is 2. The Kier molecular flexibility index (Phi) is 5.88. The van der Waals surface area contributed by atoms with Crippen LogP contribution in [0, 0.1) is 0 Å². The van der Waals surface area contributed by atoms with Crippen LogP contribution in [0.1, 0.15) is 25.0 Å². The molecular weight excluding hydrogens is 304 g/mol. The predicted octanol–water partition coefficient (Wildman–Crippen LogP) is 6.05. The van der Waals surface area contributed by atoms with Crippen molar-refractivity contribution >= 4 is 35.1 Å². The average molecular weight is 323 g/mol. The van der Waals surface area contributed by atoms with Crippen LogP contribution in [-0.4, -0.2) is 11.5 Å². The summed E-state index contributed by atoms with van der Waals surface area (Å²) < 4.78 is -0.0463. The Morgan fingerprint density at radius 2 is 1.30 bits per heavy atom. The highest BCUT2D eigenvalue weighted by Gasteiger charge is 2.34. The molecule has 2 rings (SSSR count). The Hall–Kier alpha value is -0.570. The Morgan fingerprint density at radius 3 is 1.80 bits per heavy atom. The first-order chi connectivity index (χ1) is 9.73. The highest BCUT2D eigenvalue weighted by atomic mass is 35.5. The van der Waals surface area contributed by atoms with Crippen molar-refractivity contribution in [3.63, 3.8) is 0 Å². The largest absolute Gasteiger partial charge is 0.135 e. The highest BCUT2D eigenvalue weighted by Crippen LogP contribution is 2.51. The van der Waals surface area contributed by atoms with Crippen LogP contribution in [0.15, 0.2) is 54.6 Å². The van der Waals surface area contributed by atoms with Gasteiger partial charge in [0, 0.05) is 5.02 Å². The number of hydrogen-bond donors (Lipinski definition) is 0. The zero-order valence-corrected chi connectivity index (χ0v) is 14.2. The van der Waals surface area contributed by atoms with Gasteiger partial charge in [0.1, 0.15) is 4.08 Å². The summed E-state index contributed by atoms with van der Waals surface area (Å²) in [6.45, 7) is 4.43. The summed E-state index contributed by atoms with van der Waals surface area (Å²) in [6, 6.07) is 19.0. The van der Waals surface area contributed by atoms with E-state index in [1.54, 1.807) is 0 Å². The number of thioether (sulfide) groups is 2. The molecule has 0 fully saturated rings. The van der Waals surface area contributed by atoms with Crippen LogP contribution < -0.4 is 0 Å². The van der Waals surface area contributed by atoms with Crippen LogP contribution in [-0.2, 0) is 4.08 Å². The SMILES string of the molecule is CCSC(SCC)(c1ccccc1)c1ccc(Cl)cc1. The lowest BCUT2D eigenvalue weighted by molar-refractivity contribution is 1.07. The van der Waals surface area contributed by atoms with Gasteiger partial charge >= 0.3 is 0 Å². The van der Waals surface area contributed by atoms with Crippen molar-refractivity contribution in [2.24, 2.45) is 0 Å². The molecule has 106 valence electrons. The van der Waals surface area contributed by atoms with E-state index in [1.165, 1.54) is 11.1 Å². The lowest BCUT2D eigenvalue weighted by Gasteiger charge is -2.33. The van der Waals surface area contributed by atoms with Crippen molar-refractivity contribution < 1.29 is 0 Å². The first-order valence-electron chi connectivity index (χ1n) is 6.82. The predicted molar refractivity (Wildman–Crippen MR) is 94.9 cm³/mol. The smallest absolute Gasteiger partial charge is 0.111 e. The van der Waals surface area contributed by atoms with Gasteiger partial charge in [0.2, 0.25) is 0 Å². The maximum atomic E-state index is 6.05. The van der Waals surface area contributed by atoms with Crippen LogP contribution in [0.5, 0.6) is 0 Å². The molecule has 0 aliphatic carbocycles. The zero-order chi connectivity index (χ0) is 14.4. The molecule has 0 bridgehead atoms. The minimum Gasteiger partial charge on any atom is -0.135 e. The second-order valence-corrected chi connectivity index (χ2v) is 8.01. The van der Waals surface area contributed by atoms with Crippen molar-refractivity contribution in [2.45, 2.75) is 17.9 Å². The molecule has 20 heavy (non-hydrogen) atoms. The molecule has 2 aromatic rings. The minimum absolute atomic E-state index is 0.0463.